The fourth-order valence-electron chi connectivity index (χ4n) is 4.22. The quantitative estimate of drug-likeness (QED) is 0.511. The first-order valence-electron chi connectivity index (χ1n) is 10.1. The summed E-state index contributed by atoms with van der Waals surface area (Å²) in [5, 5.41) is 13.6. The van der Waals surface area contributed by atoms with E-state index in [0.29, 0.717) is 18.4 Å². The van der Waals surface area contributed by atoms with Gasteiger partial charge in [0.1, 0.15) is 12.4 Å². The summed E-state index contributed by atoms with van der Waals surface area (Å²) >= 11 is 0. The lowest BCUT2D eigenvalue weighted by Gasteiger charge is -2.29. The van der Waals surface area contributed by atoms with Crippen LogP contribution in [0.2, 0.25) is 0 Å². The second kappa shape index (κ2) is 8.11. The summed E-state index contributed by atoms with van der Waals surface area (Å²) in [7, 11) is 1.78. The molecular formula is C24H26N2O3. The molecule has 1 saturated carbocycles. The van der Waals surface area contributed by atoms with Crippen molar-refractivity contribution in [2.45, 2.75) is 38.7 Å². The Labute approximate surface area is 170 Å². The minimum absolute atomic E-state index is 0.00958. The molecule has 2 unspecified atom stereocenters. The van der Waals surface area contributed by atoms with Crippen molar-refractivity contribution in [3.05, 3.63) is 76.1 Å². The van der Waals surface area contributed by atoms with E-state index >= 15 is 0 Å². The average Bonchev–Trinajstić information content (AvgIpc) is 2.75. The van der Waals surface area contributed by atoms with Crippen LogP contribution in [0.15, 0.2) is 64.5 Å². The Bertz CT molecular complexity index is 1120. The second-order valence-electron chi connectivity index (χ2n) is 7.98. The molecule has 1 heterocycles. The predicted molar refractivity (Wildman–Crippen MR) is 115 cm³/mol. The number of aryl methyl sites for hydroxylation is 1. The van der Waals surface area contributed by atoms with Crippen LogP contribution >= 0.6 is 0 Å². The summed E-state index contributed by atoms with van der Waals surface area (Å²) in [6, 6.07) is 17.7. The molecule has 5 nitrogen and oxygen atoms in total. The van der Waals surface area contributed by atoms with Gasteiger partial charge in [-0.25, -0.2) is 0 Å². The first kappa shape index (κ1) is 19.2. The Hall–Kier alpha value is -3.08. The lowest BCUT2D eigenvalue weighted by atomic mass is 9.75. The van der Waals surface area contributed by atoms with E-state index in [2.05, 4.69) is 30.3 Å². The van der Waals surface area contributed by atoms with Crippen LogP contribution in [0.5, 0.6) is 5.75 Å². The minimum Gasteiger partial charge on any atom is -0.489 e. The molecule has 0 aliphatic heterocycles. The highest BCUT2D eigenvalue weighted by Crippen LogP contribution is 2.37. The third kappa shape index (κ3) is 4.04. The molecule has 0 bridgehead atoms. The van der Waals surface area contributed by atoms with E-state index in [1.54, 1.807) is 17.7 Å². The van der Waals surface area contributed by atoms with Gasteiger partial charge >= 0.3 is 0 Å². The molecule has 1 N–H and O–H groups in total. The highest BCUT2D eigenvalue weighted by atomic mass is 16.5. The van der Waals surface area contributed by atoms with E-state index in [0.717, 1.165) is 47.2 Å². The van der Waals surface area contributed by atoms with Gasteiger partial charge in [-0.05, 0) is 77.9 Å². The lowest BCUT2D eigenvalue weighted by Crippen LogP contribution is -2.21. The van der Waals surface area contributed by atoms with E-state index in [9.17, 15) is 4.79 Å². The summed E-state index contributed by atoms with van der Waals surface area (Å²) in [5.41, 5.74) is 4.07. The zero-order valence-corrected chi connectivity index (χ0v) is 16.8. The van der Waals surface area contributed by atoms with Gasteiger partial charge in [0.25, 0.3) is 5.56 Å². The zero-order valence-electron chi connectivity index (χ0n) is 16.8. The van der Waals surface area contributed by atoms with Crippen LogP contribution in [0.25, 0.3) is 10.9 Å². The Morgan fingerprint density at radius 2 is 2.03 bits per heavy atom. The number of hydrogen-bond donors (Lipinski definition) is 1. The standard InChI is InChI=1S/C24H26N2O3/c1-16-6-9-20(25-28)14-22(16)18-4-3-5-21(13-18)29-15-17-7-10-23-19(12-17)8-11-24(27)26(23)2/h3-5,7-8,10-13,16,22,28H,6,9,14-15H2,1-2H3. The van der Waals surface area contributed by atoms with Gasteiger partial charge in [-0.1, -0.05) is 30.3 Å². The van der Waals surface area contributed by atoms with Gasteiger partial charge in [-0.2, -0.15) is 0 Å². The van der Waals surface area contributed by atoms with E-state index in [1.165, 1.54) is 5.56 Å². The first-order valence-corrected chi connectivity index (χ1v) is 10.1. The van der Waals surface area contributed by atoms with Crippen molar-refractivity contribution in [3.63, 3.8) is 0 Å². The summed E-state index contributed by atoms with van der Waals surface area (Å²) in [6.45, 7) is 2.72. The number of ether oxygens (including phenoxy) is 1. The monoisotopic (exact) mass is 390 g/mol. The van der Waals surface area contributed by atoms with Gasteiger partial charge in [0, 0.05) is 13.1 Å². The highest BCUT2D eigenvalue weighted by molar-refractivity contribution is 5.85. The summed E-state index contributed by atoms with van der Waals surface area (Å²) in [5.74, 6) is 1.73. The number of pyridine rings is 1. The number of nitrogens with zero attached hydrogens (tertiary/aromatic N) is 2. The molecule has 1 aliphatic carbocycles. The number of fused-ring (bicyclic) bond motifs is 1. The number of oxime groups is 1. The molecule has 2 aromatic carbocycles. The highest BCUT2D eigenvalue weighted by Gasteiger charge is 2.27. The molecule has 1 fully saturated rings. The van der Waals surface area contributed by atoms with Crippen molar-refractivity contribution in [2.24, 2.45) is 18.1 Å². The predicted octanol–water partition coefficient (Wildman–Crippen LogP) is 4.85. The average molecular weight is 390 g/mol. The fraction of sp³-hybridized carbons (Fsp3) is 0.333. The Balaban J connectivity index is 1.50. The number of aromatic nitrogens is 1. The van der Waals surface area contributed by atoms with Gasteiger partial charge in [-0.15, -0.1) is 0 Å². The molecule has 0 radical (unpaired) electrons. The summed E-state index contributed by atoms with van der Waals surface area (Å²) in [6.07, 6.45) is 2.71. The largest absolute Gasteiger partial charge is 0.489 e. The van der Waals surface area contributed by atoms with E-state index < -0.39 is 0 Å². The molecular weight excluding hydrogens is 364 g/mol. The van der Waals surface area contributed by atoms with Crippen molar-refractivity contribution in [2.75, 3.05) is 0 Å². The number of benzene rings is 2. The molecule has 1 aliphatic rings. The molecule has 4 rings (SSSR count). The maximum absolute atomic E-state index is 11.8. The summed E-state index contributed by atoms with van der Waals surface area (Å²) in [4.78, 5) is 11.8. The first-order chi connectivity index (χ1) is 14.0. The molecule has 0 spiro atoms. The Morgan fingerprint density at radius 3 is 2.86 bits per heavy atom. The Kier molecular flexibility index (Phi) is 5.38. The SMILES string of the molecule is CC1CCC(=NO)CC1c1cccc(OCc2ccc3c(ccc(=O)n3C)c2)c1. The third-order valence-electron chi connectivity index (χ3n) is 6.05. The maximum atomic E-state index is 11.8. The molecule has 5 heteroatoms. The van der Waals surface area contributed by atoms with Gasteiger partial charge < -0.3 is 14.5 Å². The van der Waals surface area contributed by atoms with Crippen molar-refractivity contribution in [1.29, 1.82) is 0 Å². The second-order valence-corrected chi connectivity index (χ2v) is 7.98. The van der Waals surface area contributed by atoms with Crippen molar-refractivity contribution < 1.29 is 9.94 Å². The van der Waals surface area contributed by atoms with Crippen LogP contribution in [-0.2, 0) is 13.7 Å². The summed E-state index contributed by atoms with van der Waals surface area (Å²) < 4.78 is 7.72. The smallest absolute Gasteiger partial charge is 0.250 e. The van der Waals surface area contributed by atoms with E-state index in [-0.39, 0.29) is 5.56 Å². The molecule has 0 amide bonds. The zero-order chi connectivity index (χ0) is 20.4. The van der Waals surface area contributed by atoms with Crippen molar-refractivity contribution in [1.82, 2.24) is 4.57 Å². The molecule has 2 atom stereocenters. The minimum atomic E-state index is -0.00958. The fourth-order valence-corrected chi connectivity index (χ4v) is 4.22. The molecule has 29 heavy (non-hydrogen) atoms. The number of rotatable bonds is 4. The van der Waals surface area contributed by atoms with Crippen LogP contribution in [0.1, 0.15) is 43.2 Å². The van der Waals surface area contributed by atoms with Gasteiger partial charge in [0.2, 0.25) is 0 Å². The van der Waals surface area contributed by atoms with Crippen LogP contribution in [0.3, 0.4) is 0 Å². The normalized spacial score (nSPS) is 20.8. The van der Waals surface area contributed by atoms with Gasteiger partial charge in [0.15, 0.2) is 0 Å². The third-order valence-corrected chi connectivity index (χ3v) is 6.05. The number of hydrogen-bond acceptors (Lipinski definition) is 4. The van der Waals surface area contributed by atoms with Gasteiger partial charge in [-0.3, -0.25) is 4.79 Å². The molecule has 3 aromatic rings. The molecule has 1 aromatic heterocycles. The lowest BCUT2D eigenvalue weighted by molar-refractivity contribution is 0.303. The van der Waals surface area contributed by atoms with Crippen LogP contribution in [0.4, 0.5) is 0 Å². The Morgan fingerprint density at radius 1 is 1.17 bits per heavy atom. The maximum Gasteiger partial charge on any atom is 0.250 e. The topological polar surface area (TPSA) is 63.8 Å². The van der Waals surface area contributed by atoms with E-state index in [4.69, 9.17) is 9.94 Å². The van der Waals surface area contributed by atoms with Crippen LogP contribution in [0, 0.1) is 5.92 Å². The van der Waals surface area contributed by atoms with Gasteiger partial charge in [0.05, 0.1) is 11.2 Å². The van der Waals surface area contributed by atoms with E-state index in [1.807, 2.05) is 30.3 Å². The van der Waals surface area contributed by atoms with Crippen molar-refractivity contribution >= 4 is 16.6 Å². The molecule has 150 valence electrons. The molecule has 0 saturated heterocycles. The van der Waals surface area contributed by atoms with Crippen LogP contribution < -0.4 is 10.3 Å². The van der Waals surface area contributed by atoms with Crippen LogP contribution in [-0.4, -0.2) is 15.5 Å². The van der Waals surface area contributed by atoms with Crippen molar-refractivity contribution in [3.8, 4) is 5.75 Å².